The van der Waals surface area contributed by atoms with Crippen molar-refractivity contribution in [3.8, 4) is 24.2 Å². The Kier molecular flexibility index (Phi) is 31.8. The van der Waals surface area contributed by atoms with Crippen molar-refractivity contribution >= 4 is 72.7 Å². The smallest absolute Gasteiger partial charge is 0.463 e. The van der Waals surface area contributed by atoms with Crippen LogP contribution in [0.1, 0.15) is 53.4 Å². The van der Waals surface area contributed by atoms with E-state index < -0.39 is 109 Å². The van der Waals surface area contributed by atoms with Gasteiger partial charge in [-0.1, -0.05) is 44.6 Å². The molecular formula is C48H56O30. The first-order valence-electron chi connectivity index (χ1n) is 22.6. The van der Waals surface area contributed by atoms with Crippen LogP contribution in [0.25, 0.3) is 0 Å². The third kappa shape index (κ3) is 28.8. The van der Waals surface area contributed by atoms with Gasteiger partial charge in [0.1, 0.15) is 52.0 Å². The SMILES string of the molecule is C#CCOC(=O)C1COC(=O)O1.C=C(C)COC(=O)C1COC(=O)O1.C=C(C)OC(=O)C1COC(=O)O1.C=C(CC)OC(=O)C1COC(=O)O1.C=CCCCCOC(=O)C1COC(=O)O1.CC#CCOC(=O)C1COC(=O)O1. The van der Waals surface area contributed by atoms with E-state index in [1.807, 2.05) is 6.08 Å². The lowest BCUT2D eigenvalue weighted by Crippen LogP contribution is -2.25. The van der Waals surface area contributed by atoms with Gasteiger partial charge in [-0.15, -0.1) is 18.9 Å². The molecule has 0 saturated carbocycles. The lowest BCUT2D eigenvalue weighted by Gasteiger charge is -2.07. The average molecular weight is 1110 g/mol. The molecule has 0 spiro atoms. The summed E-state index contributed by atoms with van der Waals surface area (Å²) in [5.74, 6) is 4.04. The minimum absolute atomic E-state index is 0.00336. The maximum Gasteiger partial charge on any atom is 0.509 e. The second kappa shape index (κ2) is 37.3. The highest BCUT2D eigenvalue weighted by atomic mass is 16.8. The Labute approximate surface area is 444 Å². The van der Waals surface area contributed by atoms with Gasteiger partial charge in [0, 0.05) is 6.42 Å². The number of carbonyl (C=O) groups is 12. The fourth-order valence-corrected chi connectivity index (χ4v) is 4.60. The molecule has 78 heavy (non-hydrogen) atoms. The van der Waals surface area contributed by atoms with E-state index in [0.29, 0.717) is 18.8 Å². The third-order valence-electron chi connectivity index (χ3n) is 8.31. The third-order valence-corrected chi connectivity index (χ3v) is 8.31. The van der Waals surface area contributed by atoms with Crippen LogP contribution in [0.4, 0.5) is 28.8 Å². The quantitative estimate of drug-likeness (QED) is 0.0473. The summed E-state index contributed by atoms with van der Waals surface area (Å²) >= 11 is 0. The Morgan fingerprint density at radius 1 is 0.538 bits per heavy atom. The van der Waals surface area contributed by atoms with Crippen LogP contribution in [0.2, 0.25) is 0 Å². The molecule has 6 aliphatic rings. The number of allylic oxidation sites excluding steroid dienone is 3. The Morgan fingerprint density at radius 3 is 1.19 bits per heavy atom. The van der Waals surface area contributed by atoms with Crippen molar-refractivity contribution in [1.29, 1.82) is 0 Å². The number of hydrogen-bond acceptors (Lipinski definition) is 30. The van der Waals surface area contributed by atoms with Gasteiger partial charge < -0.3 is 85.3 Å². The normalized spacial score (nSPS) is 20.1. The highest BCUT2D eigenvalue weighted by molar-refractivity contribution is 5.83. The van der Waals surface area contributed by atoms with Crippen molar-refractivity contribution in [2.75, 3.05) is 66.1 Å². The van der Waals surface area contributed by atoms with Crippen LogP contribution in [0.15, 0.2) is 49.5 Å². The zero-order chi connectivity index (χ0) is 58.6. The predicted octanol–water partition coefficient (Wildman–Crippen LogP) is 3.44. The Hall–Kier alpha value is -9.48. The zero-order valence-corrected chi connectivity index (χ0v) is 42.6. The summed E-state index contributed by atoms with van der Waals surface area (Å²) in [4.78, 5) is 129. The number of hydrogen-bond donors (Lipinski definition) is 0. The Bertz CT molecular complexity index is 2300. The first-order valence-corrected chi connectivity index (χ1v) is 22.6. The van der Waals surface area contributed by atoms with E-state index in [4.69, 9.17) is 20.6 Å². The highest BCUT2D eigenvalue weighted by Gasteiger charge is 2.37. The largest absolute Gasteiger partial charge is 0.509 e. The van der Waals surface area contributed by atoms with Gasteiger partial charge in [0.05, 0.1) is 12.4 Å². The van der Waals surface area contributed by atoms with E-state index in [0.717, 1.165) is 24.8 Å². The molecule has 30 nitrogen and oxygen atoms in total. The fraction of sp³-hybridized carbons (Fsp3) is 0.500. The molecule has 30 heteroatoms. The summed E-state index contributed by atoms with van der Waals surface area (Å²) in [6, 6.07) is 0. The van der Waals surface area contributed by atoms with Crippen molar-refractivity contribution in [1.82, 2.24) is 0 Å². The number of rotatable bonds is 18. The van der Waals surface area contributed by atoms with Gasteiger partial charge in [-0.3, -0.25) is 0 Å². The summed E-state index contributed by atoms with van der Waals surface area (Å²) in [5.41, 5.74) is 0.721. The van der Waals surface area contributed by atoms with Crippen LogP contribution in [0.5, 0.6) is 0 Å². The molecule has 0 aromatic heterocycles. The van der Waals surface area contributed by atoms with Gasteiger partial charge >= 0.3 is 72.7 Å². The molecule has 428 valence electrons. The molecule has 0 aliphatic carbocycles. The monoisotopic (exact) mass is 1110 g/mol. The van der Waals surface area contributed by atoms with Crippen molar-refractivity contribution in [3.63, 3.8) is 0 Å². The van der Waals surface area contributed by atoms with E-state index in [2.05, 4.69) is 115 Å². The molecule has 0 radical (unpaired) electrons. The number of carbonyl (C=O) groups excluding carboxylic acids is 12. The number of ether oxygens (including phenoxy) is 18. The number of cyclic esters (lactones) is 12. The van der Waals surface area contributed by atoms with Gasteiger partial charge in [0.25, 0.3) is 0 Å². The van der Waals surface area contributed by atoms with E-state index in [9.17, 15) is 57.5 Å². The van der Waals surface area contributed by atoms with Crippen molar-refractivity contribution < 1.29 is 143 Å². The first-order chi connectivity index (χ1) is 37.0. The topological polar surface area (TPSA) is 371 Å². The van der Waals surface area contributed by atoms with Crippen molar-refractivity contribution in [2.24, 2.45) is 0 Å². The molecule has 6 saturated heterocycles. The molecule has 0 aromatic rings. The standard InChI is InChI=1S/C10H14O5.2C8H10O5.C8H8O5.C7H8O5.C7H6O5/c1-2-3-4-5-6-13-9(11)8-7-14-10(12)15-8;1-5(2)3-11-7(9)6-4-12-8(10)13-6;1-3-5(2)12-7(9)6-4-11-8(10)13-6;1-2-3-4-11-7(9)6-5-12-8(10)13-6;1-4(2)11-6(8)5-3-10-7(9)12-5;1-2-3-10-6(8)5-4-11-7(9)12-5/h2,8H,1,3-7H2;6H,1,3-4H2,2H3;6H,2-4H2,1H3;6H,4-5H2,1H3;5H,1,3H2,2H3;1,5H,3-4H2. The summed E-state index contributed by atoms with van der Waals surface area (Å²) in [5, 5.41) is 0. The molecule has 6 rings (SSSR count). The molecule has 6 unspecified atom stereocenters. The average Bonchev–Trinajstić information content (AvgIpc) is 4.29. The van der Waals surface area contributed by atoms with Crippen LogP contribution in [-0.2, 0) is 114 Å². The van der Waals surface area contributed by atoms with Crippen LogP contribution >= 0.6 is 0 Å². The van der Waals surface area contributed by atoms with Gasteiger partial charge in [-0.05, 0) is 45.6 Å². The van der Waals surface area contributed by atoms with Crippen LogP contribution < -0.4 is 0 Å². The molecular weight excluding hydrogens is 1060 g/mol. The molecule has 6 atom stereocenters. The molecule has 6 aliphatic heterocycles. The van der Waals surface area contributed by atoms with Crippen molar-refractivity contribution in [3.05, 3.63) is 49.5 Å². The van der Waals surface area contributed by atoms with Gasteiger partial charge in [0.2, 0.25) is 36.6 Å². The Balaban J connectivity index is 0.000000469. The second-order valence-electron chi connectivity index (χ2n) is 14.8. The maximum absolute atomic E-state index is 11.2. The molecule has 6 heterocycles. The molecule has 0 amide bonds. The minimum atomic E-state index is -0.967. The minimum Gasteiger partial charge on any atom is -0.463 e. The molecule has 0 bridgehead atoms. The number of terminal acetylenes is 1. The molecule has 0 N–H and O–H groups in total. The summed E-state index contributed by atoms with van der Waals surface area (Å²) in [6.45, 7) is 20.5. The van der Waals surface area contributed by atoms with Gasteiger partial charge in [-0.25, -0.2) is 57.5 Å². The van der Waals surface area contributed by atoms with E-state index in [1.165, 1.54) is 6.92 Å². The second-order valence-corrected chi connectivity index (χ2v) is 14.8. The summed E-state index contributed by atoms with van der Waals surface area (Å²) in [7, 11) is 0. The zero-order valence-electron chi connectivity index (χ0n) is 42.6. The molecule has 0 aromatic carbocycles. The van der Waals surface area contributed by atoms with Crippen molar-refractivity contribution in [2.45, 2.75) is 90.0 Å². The Morgan fingerprint density at radius 2 is 0.885 bits per heavy atom. The molecule has 6 fully saturated rings. The summed E-state index contributed by atoms with van der Waals surface area (Å²) in [6.07, 6.45) is -0.878. The highest BCUT2D eigenvalue weighted by Crippen LogP contribution is 2.13. The lowest BCUT2D eigenvalue weighted by atomic mass is 10.2. The maximum atomic E-state index is 11.2. The lowest BCUT2D eigenvalue weighted by molar-refractivity contribution is -0.152. The van der Waals surface area contributed by atoms with Crippen LogP contribution in [0.3, 0.4) is 0 Å². The number of unbranched alkanes of at least 4 members (excludes halogenated alkanes) is 2. The van der Waals surface area contributed by atoms with Crippen LogP contribution in [-0.4, -0.2) is 175 Å². The van der Waals surface area contributed by atoms with Crippen LogP contribution in [0, 0.1) is 24.2 Å². The predicted molar refractivity (Wildman–Crippen MR) is 249 cm³/mol. The number of esters is 6. The van der Waals surface area contributed by atoms with E-state index in [-0.39, 0.29) is 65.2 Å². The first kappa shape index (κ1) is 66.5. The van der Waals surface area contributed by atoms with E-state index >= 15 is 0 Å². The van der Waals surface area contributed by atoms with E-state index in [1.54, 1.807) is 20.8 Å². The van der Waals surface area contributed by atoms with Gasteiger partial charge in [0.15, 0.2) is 13.2 Å². The summed E-state index contributed by atoms with van der Waals surface area (Å²) < 4.78 is 81.4. The fourth-order valence-electron chi connectivity index (χ4n) is 4.60. The van der Waals surface area contributed by atoms with Gasteiger partial charge in [-0.2, -0.15) is 0 Å².